The molecule has 1 aromatic heterocycles. The Bertz CT molecular complexity index is 469. The number of nitrogens with zero attached hydrogens (tertiary/aromatic N) is 4. The van der Waals surface area contributed by atoms with Crippen LogP contribution in [-0.2, 0) is 17.8 Å². The third-order valence-electron chi connectivity index (χ3n) is 4.98. The second kappa shape index (κ2) is 7.53. The molecule has 1 N–H and O–H groups in total. The third-order valence-corrected chi connectivity index (χ3v) is 4.98. The summed E-state index contributed by atoms with van der Waals surface area (Å²) in [4.78, 5) is 4.41. The summed E-state index contributed by atoms with van der Waals surface area (Å²) in [5, 5.41) is 12.8. The molecule has 1 aliphatic carbocycles. The number of aromatic nitrogens is 3. The molecule has 2 atom stereocenters. The molecule has 2 aliphatic rings. The molecule has 3 rings (SSSR count). The number of morpholine rings is 1. The van der Waals surface area contributed by atoms with Gasteiger partial charge in [0.25, 0.3) is 0 Å². The van der Waals surface area contributed by atoms with Gasteiger partial charge in [-0.2, -0.15) is 15.0 Å². The molecule has 0 amide bonds. The highest BCUT2D eigenvalue weighted by molar-refractivity contribution is 5.06. The maximum absolute atomic E-state index is 5.50. The normalized spacial score (nSPS) is 27.2. The zero-order chi connectivity index (χ0) is 15.4. The molecule has 2 fully saturated rings. The fourth-order valence-corrected chi connectivity index (χ4v) is 3.69. The molecule has 1 saturated heterocycles. The Labute approximate surface area is 133 Å². The van der Waals surface area contributed by atoms with Crippen LogP contribution in [0.25, 0.3) is 0 Å². The van der Waals surface area contributed by atoms with Gasteiger partial charge in [-0.3, -0.25) is 4.90 Å². The van der Waals surface area contributed by atoms with Crippen LogP contribution >= 0.6 is 0 Å². The lowest BCUT2D eigenvalue weighted by Gasteiger charge is -2.42. The smallest absolute Gasteiger partial charge is 0.0994 e. The van der Waals surface area contributed by atoms with Gasteiger partial charge in [-0.15, -0.1) is 0 Å². The number of aryl methyl sites for hydroxylation is 2. The molecule has 1 aromatic rings. The Morgan fingerprint density at radius 1 is 1.18 bits per heavy atom. The van der Waals surface area contributed by atoms with Crippen LogP contribution in [0.2, 0.25) is 0 Å². The fourth-order valence-electron chi connectivity index (χ4n) is 3.69. The van der Waals surface area contributed by atoms with Crippen LogP contribution in [0, 0.1) is 6.92 Å². The second-order valence-corrected chi connectivity index (χ2v) is 6.41. The van der Waals surface area contributed by atoms with Gasteiger partial charge in [-0.1, -0.05) is 12.8 Å². The fraction of sp³-hybridized carbons (Fsp3) is 0.875. The van der Waals surface area contributed by atoms with Crippen LogP contribution in [-0.4, -0.2) is 58.3 Å². The van der Waals surface area contributed by atoms with Gasteiger partial charge in [-0.25, -0.2) is 0 Å². The first-order valence-corrected chi connectivity index (χ1v) is 8.73. The summed E-state index contributed by atoms with van der Waals surface area (Å²) in [6.07, 6.45) is 5.26. The zero-order valence-corrected chi connectivity index (χ0v) is 13.9. The molecule has 0 spiro atoms. The quantitative estimate of drug-likeness (QED) is 0.889. The molecule has 124 valence electrons. The van der Waals surface area contributed by atoms with Gasteiger partial charge in [0.2, 0.25) is 0 Å². The van der Waals surface area contributed by atoms with E-state index in [-0.39, 0.29) is 0 Å². The Kier molecular flexibility index (Phi) is 5.44. The van der Waals surface area contributed by atoms with Crippen LogP contribution in [0.4, 0.5) is 0 Å². The molecular formula is C16H29N5O. The van der Waals surface area contributed by atoms with Gasteiger partial charge in [0.05, 0.1) is 31.1 Å². The van der Waals surface area contributed by atoms with Crippen molar-refractivity contribution in [1.29, 1.82) is 0 Å². The average molecular weight is 307 g/mol. The number of hydrogen-bond acceptors (Lipinski definition) is 5. The van der Waals surface area contributed by atoms with E-state index in [1.54, 1.807) is 4.80 Å². The van der Waals surface area contributed by atoms with E-state index in [0.29, 0.717) is 12.1 Å². The molecule has 2 heterocycles. The lowest BCUT2D eigenvalue weighted by atomic mass is 9.88. The highest BCUT2D eigenvalue weighted by Crippen LogP contribution is 2.24. The minimum absolute atomic E-state index is 0.568. The summed E-state index contributed by atoms with van der Waals surface area (Å²) < 4.78 is 5.50. The van der Waals surface area contributed by atoms with Crippen molar-refractivity contribution in [2.45, 2.75) is 64.7 Å². The van der Waals surface area contributed by atoms with Crippen LogP contribution in [0.5, 0.6) is 0 Å². The summed E-state index contributed by atoms with van der Waals surface area (Å²) in [6.45, 7) is 9.71. The zero-order valence-electron chi connectivity index (χ0n) is 13.9. The third kappa shape index (κ3) is 3.67. The Morgan fingerprint density at radius 2 is 1.95 bits per heavy atom. The van der Waals surface area contributed by atoms with Crippen molar-refractivity contribution >= 4 is 0 Å². The molecule has 0 bridgehead atoms. The van der Waals surface area contributed by atoms with E-state index in [1.807, 2.05) is 0 Å². The SMILES string of the molecule is CCn1nc(C)c(CNC2CCCCC2N2CCOCC2)n1. The molecule has 1 saturated carbocycles. The molecule has 6 heteroatoms. The van der Waals surface area contributed by atoms with Gasteiger partial charge >= 0.3 is 0 Å². The lowest BCUT2D eigenvalue weighted by Crippen LogP contribution is -2.54. The maximum Gasteiger partial charge on any atom is 0.0994 e. The summed E-state index contributed by atoms with van der Waals surface area (Å²) in [5.74, 6) is 0. The van der Waals surface area contributed by atoms with Crippen molar-refractivity contribution in [3.8, 4) is 0 Å². The first kappa shape index (κ1) is 15.9. The molecule has 22 heavy (non-hydrogen) atoms. The van der Waals surface area contributed by atoms with Gasteiger partial charge in [0.15, 0.2) is 0 Å². The minimum Gasteiger partial charge on any atom is -0.379 e. The number of hydrogen-bond donors (Lipinski definition) is 1. The average Bonchev–Trinajstić information content (AvgIpc) is 2.94. The van der Waals surface area contributed by atoms with Crippen molar-refractivity contribution in [1.82, 2.24) is 25.2 Å². The van der Waals surface area contributed by atoms with Crippen molar-refractivity contribution < 1.29 is 4.74 Å². The van der Waals surface area contributed by atoms with Crippen LogP contribution in [0.15, 0.2) is 0 Å². The monoisotopic (exact) mass is 307 g/mol. The first-order valence-electron chi connectivity index (χ1n) is 8.73. The lowest BCUT2D eigenvalue weighted by molar-refractivity contribution is -0.000508. The standard InChI is InChI=1S/C16H29N5O/c1-3-21-18-13(2)15(19-21)12-17-14-6-4-5-7-16(14)20-8-10-22-11-9-20/h14,16-17H,3-12H2,1-2H3. The van der Waals surface area contributed by atoms with Gasteiger partial charge in [0.1, 0.15) is 0 Å². The van der Waals surface area contributed by atoms with Crippen molar-refractivity contribution in [3.63, 3.8) is 0 Å². The predicted octanol–water partition coefficient (Wildman–Crippen LogP) is 1.34. The van der Waals surface area contributed by atoms with Crippen LogP contribution < -0.4 is 5.32 Å². The second-order valence-electron chi connectivity index (χ2n) is 6.41. The molecule has 2 unspecified atom stereocenters. The van der Waals surface area contributed by atoms with Gasteiger partial charge in [0, 0.05) is 31.7 Å². The van der Waals surface area contributed by atoms with E-state index < -0.39 is 0 Å². The molecule has 0 aromatic carbocycles. The number of ether oxygens (including phenoxy) is 1. The van der Waals surface area contributed by atoms with E-state index in [2.05, 4.69) is 34.3 Å². The number of nitrogens with one attached hydrogen (secondary N) is 1. The Balaban J connectivity index is 1.59. The Morgan fingerprint density at radius 3 is 2.68 bits per heavy atom. The van der Waals surface area contributed by atoms with Crippen molar-refractivity contribution in [2.75, 3.05) is 26.3 Å². The summed E-state index contributed by atoms with van der Waals surface area (Å²) in [5.41, 5.74) is 2.14. The van der Waals surface area contributed by atoms with E-state index in [4.69, 9.17) is 4.74 Å². The summed E-state index contributed by atoms with van der Waals surface area (Å²) >= 11 is 0. The summed E-state index contributed by atoms with van der Waals surface area (Å²) in [7, 11) is 0. The molecule has 1 aliphatic heterocycles. The van der Waals surface area contributed by atoms with Crippen molar-refractivity contribution in [3.05, 3.63) is 11.4 Å². The molecule has 0 radical (unpaired) electrons. The predicted molar refractivity (Wildman–Crippen MR) is 85.7 cm³/mol. The highest BCUT2D eigenvalue weighted by Gasteiger charge is 2.30. The van der Waals surface area contributed by atoms with Crippen LogP contribution in [0.3, 0.4) is 0 Å². The van der Waals surface area contributed by atoms with Gasteiger partial charge < -0.3 is 10.1 Å². The van der Waals surface area contributed by atoms with E-state index in [0.717, 1.165) is 50.8 Å². The Hall–Kier alpha value is -0.980. The molecular weight excluding hydrogens is 278 g/mol. The maximum atomic E-state index is 5.50. The van der Waals surface area contributed by atoms with E-state index >= 15 is 0 Å². The number of rotatable bonds is 5. The highest BCUT2D eigenvalue weighted by atomic mass is 16.5. The topological polar surface area (TPSA) is 55.2 Å². The first-order chi connectivity index (χ1) is 10.8. The van der Waals surface area contributed by atoms with E-state index in [9.17, 15) is 0 Å². The van der Waals surface area contributed by atoms with Crippen molar-refractivity contribution in [2.24, 2.45) is 0 Å². The molecule has 6 nitrogen and oxygen atoms in total. The summed E-state index contributed by atoms with van der Waals surface area (Å²) in [6, 6.07) is 1.22. The minimum atomic E-state index is 0.568. The van der Waals surface area contributed by atoms with Crippen LogP contribution in [0.1, 0.15) is 44.0 Å². The largest absolute Gasteiger partial charge is 0.379 e. The van der Waals surface area contributed by atoms with Gasteiger partial charge in [-0.05, 0) is 26.7 Å². The van der Waals surface area contributed by atoms with E-state index in [1.165, 1.54) is 25.7 Å².